The van der Waals surface area contributed by atoms with Crippen LogP contribution in [0.15, 0.2) is 66.1 Å². The molecule has 1 N–H and O–H groups in total. The topological polar surface area (TPSA) is 77.7 Å². The molecule has 1 aliphatic heterocycles. The van der Waals surface area contributed by atoms with Crippen LogP contribution >= 0.6 is 0 Å². The van der Waals surface area contributed by atoms with E-state index in [-0.39, 0.29) is 11.7 Å². The number of methoxy groups -OCH3 is 1. The number of imidazole rings is 1. The maximum Gasteiger partial charge on any atom is 0.268 e. The molecule has 2 aromatic carbocycles. The van der Waals surface area contributed by atoms with Gasteiger partial charge in [0.05, 0.1) is 12.8 Å². The number of benzene rings is 2. The largest absolute Gasteiger partial charge is 0.497 e. The van der Waals surface area contributed by atoms with Gasteiger partial charge in [0.15, 0.2) is 0 Å². The van der Waals surface area contributed by atoms with Gasteiger partial charge in [-0.2, -0.15) is 0 Å². The van der Waals surface area contributed by atoms with Gasteiger partial charge in [0.2, 0.25) is 5.60 Å². The molecule has 0 fully saturated rings. The zero-order valence-electron chi connectivity index (χ0n) is 17.5. The lowest BCUT2D eigenvalue weighted by molar-refractivity contribution is -0.142. The number of aromatic nitrogens is 2. The summed E-state index contributed by atoms with van der Waals surface area (Å²) in [5, 5.41) is 7.16. The number of carbonyl (C=O) groups is 1. The number of carbonyl (C=O) groups excluding carboxylic acids is 1. The molecule has 0 saturated carbocycles. The number of halogens is 1. The molecule has 7 nitrogen and oxygen atoms in total. The Balaban J connectivity index is 1.54. The standard InChI is InChI=1S/C23H23FN4O3/c1-23(14-19(27-31-23)15-6-10-18(30-3)11-7-15)22(29)26-20(21-25-12-13-28(21)2)16-4-8-17(24)9-5-16/h4-13,20H,14H2,1-3H3,(H,26,29)/t20-,23-/m1/s1. The predicted molar refractivity (Wildman–Crippen MR) is 113 cm³/mol. The summed E-state index contributed by atoms with van der Waals surface area (Å²) in [5.41, 5.74) is 1.06. The highest BCUT2D eigenvalue weighted by atomic mass is 19.1. The highest BCUT2D eigenvalue weighted by molar-refractivity contribution is 6.05. The maximum atomic E-state index is 13.4. The third-order valence-electron chi connectivity index (χ3n) is 5.36. The number of hydrogen-bond acceptors (Lipinski definition) is 5. The van der Waals surface area contributed by atoms with Crippen molar-refractivity contribution in [2.75, 3.05) is 7.11 Å². The van der Waals surface area contributed by atoms with E-state index in [4.69, 9.17) is 9.57 Å². The third-order valence-corrected chi connectivity index (χ3v) is 5.36. The molecule has 0 unspecified atom stereocenters. The van der Waals surface area contributed by atoms with Crippen molar-refractivity contribution in [2.45, 2.75) is 25.0 Å². The fourth-order valence-corrected chi connectivity index (χ4v) is 3.49. The molecule has 8 heteroatoms. The van der Waals surface area contributed by atoms with Gasteiger partial charge in [0.1, 0.15) is 23.4 Å². The summed E-state index contributed by atoms with van der Waals surface area (Å²) in [4.78, 5) is 23.2. The number of amides is 1. The molecule has 1 amide bonds. The first kappa shape index (κ1) is 20.6. The van der Waals surface area contributed by atoms with E-state index in [1.807, 2.05) is 35.9 Å². The van der Waals surface area contributed by atoms with Crippen molar-refractivity contribution in [3.63, 3.8) is 0 Å². The minimum absolute atomic E-state index is 0.307. The molecule has 2 heterocycles. The number of hydrogen-bond donors (Lipinski definition) is 1. The molecule has 160 valence electrons. The van der Waals surface area contributed by atoms with Crippen LogP contribution in [0.3, 0.4) is 0 Å². The van der Waals surface area contributed by atoms with E-state index in [0.717, 1.165) is 11.3 Å². The SMILES string of the molecule is COc1ccc(C2=NO[C@@](C)(C(=O)N[C@H](c3ccc(F)cc3)c3nccn3C)C2)cc1. The van der Waals surface area contributed by atoms with Crippen LogP contribution in [0.1, 0.15) is 36.3 Å². The quantitative estimate of drug-likeness (QED) is 0.661. The van der Waals surface area contributed by atoms with Gasteiger partial charge in [-0.15, -0.1) is 0 Å². The summed E-state index contributed by atoms with van der Waals surface area (Å²) in [6, 6.07) is 12.8. The molecule has 0 aliphatic carbocycles. The first-order chi connectivity index (χ1) is 14.9. The number of rotatable bonds is 6. The predicted octanol–water partition coefficient (Wildman–Crippen LogP) is 3.36. The second kappa shape index (κ2) is 8.22. The highest BCUT2D eigenvalue weighted by Crippen LogP contribution is 2.29. The van der Waals surface area contributed by atoms with E-state index < -0.39 is 11.6 Å². The number of nitrogens with zero attached hydrogens (tertiary/aromatic N) is 3. The van der Waals surface area contributed by atoms with Crippen molar-refractivity contribution >= 4 is 11.6 Å². The van der Waals surface area contributed by atoms with Gasteiger partial charge < -0.3 is 19.5 Å². The van der Waals surface area contributed by atoms with Crippen LogP contribution in [0.2, 0.25) is 0 Å². The Hall–Kier alpha value is -3.68. The van der Waals surface area contributed by atoms with E-state index in [2.05, 4.69) is 15.5 Å². The second-order valence-corrected chi connectivity index (χ2v) is 7.62. The number of aryl methyl sites for hydroxylation is 1. The molecule has 0 bridgehead atoms. The fraction of sp³-hybridized carbons (Fsp3) is 0.261. The van der Waals surface area contributed by atoms with Gasteiger partial charge >= 0.3 is 0 Å². The monoisotopic (exact) mass is 422 g/mol. The minimum Gasteiger partial charge on any atom is -0.497 e. The number of nitrogens with one attached hydrogen (secondary N) is 1. The van der Waals surface area contributed by atoms with Gasteiger partial charge in [-0.1, -0.05) is 17.3 Å². The molecular formula is C23H23FN4O3. The van der Waals surface area contributed by atoms with Gasteiger partial charge in [-0.05, 0) is 54.4 Å². The van der Waals surface area contributed by atoms with Gasteiger partial charge in [-0.3, -0.25) is 4.79 Å². The first-order valence-electron chi connectivity index (χ1n) is 9.83. The van der Waals surface area contributed by atoms with Crippen molar-refractivity contribution in [3.8, 4) is 5.75 Å². The first-order valence-corrected chi connectivity index (χ1v) is 9.83. The van der Waals surface area contributed by atoms with Crippen LogP contribution in [0.4, 0.5) is 4.39 Å². The molecule has 0 radical (unpaired) electrons. The second-order valence-electron chi connectivity index (χ2n) is 7.62. The van der Waals surface area contributed by atoms with Gasteiger partial charge in [0, 0.05) is 25.9 Å². The summed E-state index contributed by atoms with van der Waals surface area (Å²) >= 11 is 0. The van der Waals surface area contributed by atoms with Gasteiger partial charge in [-0.25, -0.2) is 9.37 Å². The molecule has 2 atom stereocenters. The Bertz CT molecular complexity index is 1110. The minimum atomic E-state index is -1.18. The van der Waals surface area contributed by atoms with Crippen molar-refractivity contribution in [1.82, 2.24) is 14.9 Å². The molecule has 31 heavy (non-hydrogen) atoms. The average molecular weight is 422 g/mol. The average Bonchev–Trinajstić information content (AvgIpc) is 3.39. The Morgan fingerprint density at radius 2 is 1.94 bits per heavy atom. The van der Waals surface area contributed by atoms with Crippen molar-refractivity contribution < 1.29 is 18.8 Å². The van der Waals surface area contributed by atoms with E-state index in [9.17, 15) is 9.18 Å². The van der Waals surface area contributed by atoms with Crippen molar-refractivity contribution in [1.29, 1.82) is 0 Å². The lowest BCUT2D eigenvalue weighted by Crippen LogP contribution is -2.46. The smallest absolute Gasteiger partial charge is 0.268 e. The molecule has 3 aromatic rings. The normalized spacial score (nSPS) is 18.8. The Kier molecular flexibility index (Phi) is 5.46. The number of ether oxygens (including phenoxy) is 1. The molecular weight excluding hydrogens is 399 g/mol. The van der Waals surface area contributed by atoms with E-state index in [1.165, 1.54) is 12.1 Å². The Labute approximate surface area is 179 Å². The summed E-state index contributed by atoms with van der Waals surface area (Å²) in [6.07, 6.45) is 3.75. The molecule has 1 aromatic heterocycles. The Morgan fingerprint density at radius 3 is 2.55 bits per heavy atom. The third kappa shape index (κ3) is 4.14. The summed E-state index contributed by atoms with van der Waals surface area (Å²) in [6.45, 7) is 1.70. The van der Waals surface area contributed by atoms with E-state index in [0.29, 0.717) is 23.5 Å². The van der Waals surface area contributed by atoms with Crippen LogP contribution in [0.5, 0.6) is 5.75 Å². The van der Waals surface area contributed by atoms with Crippen LogP contribution in [0, 0.1) is 5.82 Å². The summed E-state index contributed by atoms with van der Waals surface area (Å²) in [7, 11) is 3.44. The molecule has 4 rings (SSSR count). The van der Waals surface area contributed by atoms with Crippen LogP contribution in [-0.4, -0.2) is 33.9 Å². The van der Waals surface area contributed by atoms with Crippen LogP contribution in [-0.2, 0) is 16.7 Å². The lowest BCUT2D eigenvalue weighted by Gasteiger charge is -2.25. The van der Waals surface area contributed by atoms with Crippen molar-refractivity contribution in [2.24, 2.45) is 12.2 Å². The Morgan fingerprint density at radius 1 is 1.23 bits per heavy atom. The molecule has 0 saturated heterocycles. The zero-order chi connectivity index (χ0) is 22.0. The summed E-state index contributed by atoms with van der Waals surface area (Å²) < 4.78 is 20.4. The van der Waals surface area contributed by atoms with Gasteiger partial charge in [0.25, 0.3) is 5.91 Å². The van der Waals surface area contributed by atoms with E-state index in [1.54, 1.807) is 38.6 Å². The zero-order valence-corrected chi connectivity index (χ0v) is 17.5. The maximum absolute atomic E-state index is 13.4. The molecule has 1 aliphatic rings. The van der Waals surface area contributed by atoms with E-state index >= 15 is 0 Å². The number of oxime groups is 1. The van der Waals surface area contributed by atoms with Crippen LogP contribution < -0.4 is 10.1 Å². The highest BCUT2D eigenvalue weighted by Gasteiger charge is 2.43. The van der Waals surface area contributed by atoms with Crippen molar-refractivity contribution in [3.05, 3.63) is 83.7 Å². The fourth-order valence-electron chi connectivity index (χ4n) is 3.49. The molecule has 0 spiro atoms. The lowest BCUT2D eigenvalue weighted by atomic mass is 9.94. The van der Waals surface area contributed by atoms with Crippen LogP contribution in [0.25, 0.3) is 0 Å². The summed E-state index contributed by atoms with van der Waals surface area (Å²) in [5.74, 6) is 0.674.